The molecule has 0 radical (unpaired) electrons. The smallest absolute Gasteiger partial charge is 0.257 e. The fourth-order valence-electron chi connectivity index (χ4n) is 1.99. The molecule has 22 heavy (non-hydrogen) atoms. The Bertz CT molecular complexity index is 498. The second-order valence-corrected chi connectivity index (χ2v) is 4.83. The van der Waals surface area contributed by atoms with E-state index in [1.807, 2.05) is 12.1 Å². The van der Waals surface area contributed by atoms with Gasteiger partial charge in [0.1, 0.15) is 5.75 Å². The van der Waals surface area contributed by atoms with Crippen molar-refractivity contribution in [3.8, 4) is 5.75 Å². The van der Waals surface area contributed by atoms with Gasteiger partial charge in [0.25, 0.3) is 5.91 Å². The van der Waals surface area contributed by atoms with Crippen molar-refractivity contribution in [3.63, 3.8) is 0 Å². The summed E-state index contributed by atoms with van der Waals surface area (Å²) in [6.07, 6.45) is 0. The van der Waals surface area contributed by atoms with Crippen LogP contribution in [-0.4, -0.2) is 63.2 Å². The molecule has 0 atom stereocenters. The molecule has 2 amide bonds. The Balaban J connectivity index is 1.76. The van der Waals surface area contributed by atoms with E-state index in [1.165, 1.54) is 0 Å². The molecule has 0 aromatic heterocycles. The van der Waals surface area contributed by atoms with Gasteiger partial charge in [0.15, 0.2) is 6.61 Å². The molecule has 120 valence electrons. The molecule has 1 fully saturated rings. The Hall–Kier alpha value is -2.28. The average molecular weight is 307 g/mol. The Morgan fingerprint density at radius 1 is 1.23 bits per heavy atom. The molecule has 1 saturated heterocycles. The molecule has 0 aliphatic carbocycles. The molecule has 0 saturated carbocycles. The minimum absolute atomic E-state index is 0.0151. The fraction of sp³-hybridized carbons (Fsp3) is 0.467. The van der Waals surface area contributed by atoms with Crippen LogP contribution in [0.5, 0.6) is 5.75 Å². The highest BCUT2D eigenvalue weighted by Crippen LogP contribution is 2.15. The third-order valence-corrected chi connectivity index (χ3v) is 3.31. The number of nitrogens with zero attached hydrogens (tertiary/aromatic N) is 1. The SMILES string of the molecule is CNC(=O)COc1ccc(NCC(=O)N2CCOCC2)cc1. The second-order valence-electron chi connectivity index (χ2n) is 4.83. The van der Waals surface area contributed by atoms with Crippen molar-refractivity contribution >= 4 is 17.5 Å². The number of morpholine rings is 1. The standard InChI is InChI=1S/C15H21N3O4/c1-16-14(19)11-22-13-4-2-12(3-5-13)17-10-15(20)18-6-8-21-9-7-18/h2-5,17H,6-11H2,1H3,(H,16,19). The molecule has 7 nitrogen and oxygen atoms in total. The Morgan fingerprint density at radius 3 is 2.55 bits per heavy atom. The summed E-state index contributed by atoms with van der Waals surface area (Å²) in [6, 6.07) is 7.13. The van der Waals surface area contributed by atoms with E-state index in [0.717, 1.165) is 5.69 Å². The number of ether oxygens (including phenoxy) is 2. The van der Waals surface area contributed by atoms with Gasteiger partial charge in [-0.3, -0.25) is 9.59 Å². The van der Waals surface area contributed by atoms with Crippen LogP contribution >= 0.6 is 0 Å². The van der Waals surface area contributed by atoms with Crippen LogP contribution in [0.25, 0.3) is 0 Å². The van der Waals surface area contributed by atoms with Crippen LogP contribution < -0.4 is 15.4 Å². The topological polar surface area (TPSA) is 79.9 Å². The molecule has 1 aliphatic rings. The van der Waals surface area contributed by atoms with Crippen LogP contribution in [0.1, 0.15) is 0 Å². The third kappa shape index (κ3) is 4.92. The molecule has 0 bridgehead atoms. The Morgan fingerprint density at radius 2 is 1.91 bits per heavy atom. The summed E-state index contributed by atoms with van der Waals surface area (Å²) in [7, 11) is 1.56. The quantitative estimate of drug-likeness (QED) is 0.778. The van der Waals surface area contributed by atoms with Crippen molar-refractivity contribution in [2.75, 3.05) is 51.8 Å². The maximum Gasteiger partial charge on any atom is 0.257 e. The zero-order chi connectivity index (χ0) is 15.8. The van der Waals surface area contributed by atoms with Crippen molar-refractivity contribution in [1.82, 2.24) is 10.2 Å². The summed E-state index contributed by atoms with van der Waals surface area (Å²) < 4.78 is 10.5. The van der Waals surface area contributed by atoms with Crippen LogP contribution in [0.4, 0.5) is 5.69 Å². The lowest BCUT2D eigenvalue weighted by molar-refractivity contribution is -0.133. The van der Waals surface area contributed by atoms with Gasteiger partial charge in [-0.2, -0.15) is 0 Å². The lowest BCUT2D eigenvalue weighted by Crippen LogP contribution is -2.43. The number of carbonyl (C=O) groups is 2. The average Bonchev–Trinajstić information content (AvgIpc) is 2.59. The van der Waals surface area contributed by atoms with E-state index in [9.17, 15) is 9.59 Å². The number of nitrogens with one attached hydrogen (secondary N) is 2. The van der Waals surface area contributed by atoms with E-state index >= 15 is 0 Å². The highest BCUT2D eigenvalue weighted by Gasteiger charge is 2.16. The van der Waals surface area contributed by atoms with Crippen LogP contribution in [0.2, 0.25) is 0 Å². The zero-order valence-electron chi connectivity index (χ0n) is 12.6. The molecule has 0 spiro atoms. The first-order chi connectivity index (χ1) is 10.7. The van der Waals surface area contributed by atoms with Crippen molar-refractivity contribution in [3.05, 3.63) is 24.3 Å². The molecule has 7 heteroatoms. The molecule has 1 heterocycles. The summed E-state index contributed by atoms with van der Waals surface area (Å²) >= 11 is 0. The molecular formula is C15H21N3O4. The monoisotopic (exact) mass is 307 g/mol. The van der Waals surface area contributed by atoms with Crippen LogP contribution in [0.3, 0.4) is 0 Å². The maximum absolute atomic E-state index is 12.0. The molecule has 1 aliphatic heterocycles. The van der Waals surface area contributed by atoms with Crippen LogP contribution in [-0.2, 0) is 14.3 Å². The van der Waals surface area contributed by atoms with E-state index in [2.05, 4.69) is 10.6 Å². The molecule has 0 unspecified atom stereocenters. The van der Waals surface area contributed by atoms with Gasteiger partial charge in [-0.25, -0.2) is 0 Å². The van der Waals surface area contributed by atoms with Gasteiger partial charge in [-0.1, -0.05) is 0 Å². The summed E-state index contributed by atoms with van der Waals surface area (Å²) in [4.78, 5) is 24.9. The Labute approximate surface area is 129 Å². The predicted octanol–water partition coefficient (Wildman–Crippen LogP) is 0.0821. The number of hydrogen-bond donors (Lipinski definition) is 2. The van der Waals surface area contributed by atoms with Gasteiger partial charge < -0.3 is 25.0 Å². The zero-order valence-corrected chi connectivity index (χ0v) is 12.6. The van der Waals surface area contributed by atoms with Crippen LogP contribution in [0, 0.1) is 0 Å². The summed E-state index contributed by atoms with van der Waals surface area (Å²) in [5.74, 6) is 0.482. The van der Waals surface area contributed by atoms with E-state index in [-0.39, 0.29) is 25.0 Å². The van der Waals surface area contributed by atoms with E-state index < -0.39 is 0 Å². The van der Waals surface area contributed by atoms with Gasteiger partial charge in [-0.15, -0.1) is 0 Å². The predicted molar refractivity (Wildman–Crippen MR) is 81.9 cm³/mol. The normalized spacial score (nSPS) is 14.3. The van der Waals surface area contributed by atoms with Crippen molar-refractivity contribution in [2.45, 2.75) is 0 Å². The lowest BCUT2D eigenvalue weighted by atomic mass is 10.3. The van der Waals surface area contributed by atoms with E-state index in [0.29, 0.717) is 32.1 Å². The maximum atomic E-state index is 12.0. The minimum atomic E-state index is -0.182. The van der Waals surface area contributed by atoms with Gasteiger partial charge in [0, 0.05) is 25.8 Å². The van der Waals surface area contributed by atoms with Gasteiger partial charge in [-0.05, 0) is 24.3 Å². The number of benzene rings is 1. The fourth-order valence-corrected chi connectivity index (χ4v) is 1.99. The second kappa shape index (κ2) is 8.23. The number of hydrogen-bond acceptors (Lipinski definition) is 5. The number of likely N-dealkylation sites (N-methyl/N-ethyl adjacent to an activating group) is 1. The molecule has 2 rings (SSSR count). The lowest BCUT2D eigenvalue weighted by Gasteiger charge is -2.27. The molecule has 1 aromatic carbocycles. The summed E-state index contributed by atoms with van der Waals surface area (Å²) in [5.41, 5.74) is 0.828. The Kier molecular flexibility index (Phi) is 6.02. The van der Waals surface area contributed by atoms with Crippen molar-refractivity contribution in [1.29, 1.82) is 0 Å². The third-order valence-electron chi connectivity index (χ3n) is 3.31. The van der Waals surface area contributed by atoms with E-state index in [1.54, 1.807) is 24.1 Å². The minimum Gasteiger partial charge on any atom is -0.484 e. The van der Waals surface area contributed by atoms with E-state index in [4.69, 9.17) is 9.47 Å². The summed E-state index contributed by atoms with van der Waals surface area (Å²) in [5, 5.41) is 5.56. The van der Waals surface area contributed by atoms with Gasteiger partial charge in [0.2, 0.25) is 5.91 Å². The van der Waals surface area contributed by atoms with Crippen LogP contribution in [0.15, 0.2) is 24.3 Å². The largest absolute Gasteiger partial charge is 0.484 e. The number of anilines is 1. The highest BCUT2D eigenvalue weighted by atomic mass is 16.5. The number of rotatable bonds is 6. The summed E-state index contributed by atoms with van der Waals surface area (Å²) in [6.45, 7) is 2.73. The number of amides is 2. The number of carbonyl (C=O) groups excluding carboxylic acids is 2. The van der Waals surface area contributed by atoms with Crippen molar-refractivity contribution in [2.24, 2.45) is 0 Å². The van der Waals surface area contributed by atoms with Crippen molar-refractivity contribution < 1.29 is 19.1 Å². The molecule has 1 aromatic rings. The van der Waals surface area contributed by atoms with Gasteiger partial charge >= 0.3 is 0 Å². The first-order valence-corrected chi connectivity index (χ1v) is 7.22. The first-order valence-electron chi connectivity index (χ1n) is 7.22. The molecular weight excluding hydrogens is 286 g/mol. The first kappa shape index (κ1) is 16.1. The highest BCUT2D eigenvalue weighted by molar-refractivity contribution is 5.81. The molecule has 2 N–H and O–H groups in total. The van der Waals surface area contributed by atoms with Gasteiger partial charge in [0.05, 0.1) is 19.8 Å².